The van der Waals surface area contributed by atoms with Crippen molar-refractivity contribution in [3.8, 4) is 0 Å². The van der Waals surface area contributed by atoms with Crippen molar-refractivity contribution >= 4 is 17.9 Å². The van der Waals surface area contributed by atoms with Crippen LogP contribution in [0.25, 0.3) is 0 Å². The molecule has 1 atom stereocenters. The van der Waals surface area contributed by atoms with Crippen molar-refractivity contribution in [2.75, 3.05) is 13.2 Å². The molecular formula is C76H132O6. The third-order valence-corrected chi connectivity index (χ3v) is 15.3. The topological polar surface area (TPSA) is 78.9 Å². The predicted molar refractivity (Wildman–Crippen MR) is 357 cm³/mol. The minimum Gasteiger partial charge on any atom is -0.462 e. The molecule has 0 N–H and O–H groups in total. The van der Waals surface area contributed by atoms with Crippen LogP contribution >= 0.6 is 0 Å². The van der Waals surface area contributed by atoms with Crippen molar-refractivity contribution in [2.45, 2.75) is 354 Å². The average molecular weight is 1140 g/mol. The summed E-state index contributed by atoms with van der Waals surface area (Å²) in [5.74, 6) is -0.894. The molecule has 0 aliphatic heterocycles. The van der Waals surface area contributed by atoms with Crippen molar-refractivity contribution in [2.24, 2.45) is 0 Å². The summed E-state index contributed by atoms with van der Waals surface area (Å²) >= 11 is 0. The highest BCUT2D eigenvalue weighted by atomic mass is 16.6. The van der Waals surface area contributed by atoms with E-state index in [9.17, 15) is 14.4 Å². The van der Waals surface area contributed by atoms with Crippen LogP contribution in [-0.4, -0.2) is 37.2 Å². The number of ether oxygens (including phenoxy) is 3. The lowest BCUT2D eigenvalue weighted by molar-refractivity contribution is -0.167. The second kappa shape index (κ2) is 69.8. The molecule has 0 amide bonds. The number of rotatable bonds is 64. The second-order valence-corrected chi connectivity index (χ2v) is 23.4. The summed E-state index contributed by atoms with van der Waals surface area (Å²) in [5, 5.41) is 0. The summed E-state index contributed by atoms with van der Waals surface area (Å²) in [4.78, 5) is 38.4. The van der Waals surface area contributed by atoms with Crippen molar-refractivity contribution in [1.82, 2.24) is 0 Å². The number of carbonyl (C=O) groups excluding carboxylic acids is 3. The van der Waals surface area contributed by atoms with Crippen LogP contribution in [0.5, 0.6) is 0 Å². The molecule has 0 aromatic rings. The first-order valence-electron chi connectivity index (χ1n) is 35.2. The van der Waals surface area contributed by atoms with Gasteiger partial charge in [0.05, 0.1) is 0 Å². The molecule has 0 fully saturated rings. The van der Waals surface area contributed by atoms with E-state index in [4.69, 9.17) is 14.2 Å². The Bertz CT molecular complexity index is 1590. The largest absolute Gasteiger partial charge is 0.462 e. The van der Waals surface area contributed by atoms with Gasteiger partial charge in [0.2, 0.25) is 0 Å². The van der Waals surface area contributed by atoms with Gasteiger partial charge in [-0.25, -0.2) is 0 Å². The molecule has 0 aliphatic rings. The van der Waals surface area contributed by atoms with Crippen molar-refractivity contribution in [1.29, 1.82) is 0 Å². The van der Waals surface area contributed by atoms with Gasteiger partial charge in [-0.15, -0.1) is 0 Å². The van der Waals surface area contributed by atoms with Gasteiger partial charge in [0.25, 0.3) is 0 Å². The van der Waals surface area contributed by atoms with E-state index in [2.05, 4.69) is 118 Å². The maximum absolute atomic E-state index is 12.9. The van der Waals surface area contributed by atoms with Crippen LogP contribution in [0.2, 0.25) is 0 Å². The molecule has 6 nitrogen and oxygen atoms in total. The fourth-order valence-corrected chi connectivity index (χ4v) is 10.0. The zero-order valence-corrected chi connectivity index (χ0v) is 54.2. The predicted octanol–water partition coefficient (Wildman–Crippen LogP) is 24.4. The van der Waals surface area contributed by atoms with Crippen LogP contribution in [-0.2, 0) is 28.6 Å². The van der Waals surface area contributed by atoms with E-state index in [1.165, 1.54) is 193 Å². The van der Waals surface area contributed by atoms with E-state index in [0.717, 1.165) is 116 Å². The van der Waals surface area contributed by atoms with Crippen LogP contribution < -0.4 is 0 Å². The Kier molecular flexibility index (Phi) is 66.7. The third-order valence-electron chi connectivity index (χ3n) is 15.3. The summed E-state index contributed by atoms with van der Waals surface area (Å²) in [7, 11) is 0. The zero-order chi connectivity index (χ0) is 59.2. The Balaban J connectivity index is 4.26. The lowest BCUT2D eigenvalue weighted by Crippen LogP contribution is -2.30. The highest BCUT2D eigenvalue weighted by Crippen LogP contribution is 2.17. The highest BCUT2D eigenvalue weighted by Gasteiger charge is 2.19. The van der Waals surface area contributed by atoms with Gasteiger partial charge in [-0.1, -0.05) is 304 Å². The summed E-state index contributed by atoms with van der Waals surface area (Å²) in [6.07, 6.45) is 94.3. The normalized spacial score (nSPS) is 12.7. The summed E-state index contributed by atoms with van der Waals surface area (Å²) in [6, 6.07) is 0. The maximum Gasteiger partial charge on any atom is 0.306 e. The van der Waals surface area contributed by atoms with Crippen LogP contribution in [0.1, 0.15) is 348 Å². The molecule has 82 heavy (non-hydrogen) atoms. The third kappa shape index (κ3) is 67.1. The molecule has 0 saturated carbocycles. The van der Waals surface area contributed by atoms with Crippen molar-refractivity contribution < 1.29 is 28.6 Å². The SMILES string of the molecule is CC/C=C\C/C=C\C/C=C\CCCCCCCCCC(=O)OC(COC(=O)CCCCCCC/C=C\C/C=C\CCCCCC)COC(=O)CCCCCCCCCCCCCCCCCC/C=C\C/C=C\C/C=C\CCCCCCC. The van der Waals surface area contributed by atoms with Gasteiger partial charge in [0.1, 0.15) is 13.2 Å². The molecule has 1 unspecified atom stereocenters. The van der Waals surface area contributed by atoms with E-state index in [1.807, 2.05) is 0 Å². The molecule has 472 valence electrons. The van der Waals surface area contributed by atoms with Gasteiger partial charge in [-0.3, -0.25) is 14.4 Å². The minimum absolute atomic E-state index is 0.0843. The van der Waals surface area contributed by atoms with E-state index >= 15 is 0 Å². The van der Waals surface area contributed by atoms with Crippen LogP contribution in [0.3, 0.4) is 0 Å². The molecule has 0 aromatic carbocycles. The molecule has 0 spiro atoms. The smallest absolute Gasteiger partial charge is 0.306 e. The molecule has 0 heterocycles. The molecule has 0 aliphatic carbocycles. The first-order chi connectivity index (χ1) is 40.5. The summed E-state index contributed by atoms with van der Waals surface area (Å²) in [6.45, 7) is 6.52. The second-order valence-electron chi connectivity index (χ2n) is 23.4. The fourth-order valence-electron chi connectivity index (χ4n) is 10.0. The molecule has 0 bridgehead atoms. The number of hydrogen-bond donors (Lipinski definition) is 0. The minimum atomic E-state index is -0.790. The maximum atomic E-state index is 12.9. The molecule has 6 heteroatoms. The van der Waals surface area contributed by atoms with Crippen molar-refractivity contribution in [3.63, 3.8) is 0 Å². The van der Waals surface area contributed by atoms with Crippen LogP contribution in [0, 0.1) is 0 Å². The average Bonchev–Trinajstić information content (AvgIpc) is 3.47. The van der Waals surface area contributed by atoms with Crippen LogP contribution in [0.4, 0.5) is 0 Å². The Morgan fingerprint density at radius 2 is 0.476 bits per heavy atom. The lowest BCUT2D eigenvalue weighted by Gasteiger charge is -2.18. The number of allylic oxidation sites excluding steroid dienone is 16. The molecule has 0 saturated heterocycles. The zero-order valence-electron chi connectivity index (χ0n) is 54.2. The lowest BCUT2D eigenvalue weighted by atomic mass is 10.0. The van der Waals surface area contributed by atoms with Gasteiger partial charge >= 0.3 is 17.9 Å². The number of hydrogen-bond acceptors (Lipinski definition) is 6. The first kappa shape index (κ1) is 78.3. The monoisotopic (exact) mass is 1140 g/mol. The quantitative estimate of drug-likeness (QED) is 0.0261. The molecular weight excluding hydrogens is 1010 g/mol. The number of esters is 3. The van der Waals surface area contributed by atoms with E-state index in [-0.39, 0.29) is 31.1 Å². The van der Waals surface area contributed by atoms with E-state index in [1.54, 1.807) is 0 Å². The van der Waals surface area contributed by atoms with Gasteiger partial charge in [0.15, 0.2) is 6.10 Å². The number of carbonyl (C=O) groups is 3. The molecule has 0 rings (SSSR count). The Labute approximate surface area is 508 Å². The number of unbranched alkanes of at least 4 members (excludes halogenated alkanes) is 37. The molecule has 0 aromatic heterocycles. The first-order valence-corrected chi connectivity index (χ1v) is 35.2. The summed E-state index contributed by atoms with van der Waals surface area (Å²) in [5.41, 5.74) is 0. The summed E-state index contributed by atoms with van der Waals surface area (Å²) < 4.78 is 17.0. The van der Waals surface area contributed by atoms with Crippen molar-refractivity contribution in [3.05, 3.63) is 97.2 Å². The Morgan fingerprint density at radius 1 is 0.256 bits per heavy atom. The standard InChI is InChI=1S/C76H132O6/c1-4-7-10-13-16-19-22-25-28-31-32-33-34-35-36-37-38-39-40-41-42-43-44-46-48-51-54-57-60-63-66-69-75(78)81-72-73(71-80-74(77)68-65-62-59-56-53-50-47-30-27-24-21-18-15-12-9-6-3)82-76(79)70-67-64-61-58-55-52-49-45-29-26-23-20-17-14-11-8-5-2/h8,11,17,20-22,24-26,29-32,34-35,47,73H,4-7,9-10,12-16,18-19,23,27-28,33,36-46,48-72H2,1-3H3/b11-8-,20-17-,24-21-,25-22-,29-26-,32-31-,35-34-,47-30-. The Hall–Kier alpha value is -3.67. The fraction of sp³-hybridized carbons (Fsp3) is 0.750. The van der Waals surface area contributed by atoms with Gasteiger partial charge in [-0.05, 0) is 122 Å². The van der Waals surface area contributed by atoms with Gasteiger partial charge < -0.3 is 14.2 Å². The Morgan fingerprint density at radius 3 is 0.756 bits per heavy atom. The van der Waals surface area contributed by atoms with Gasteiger partial charge in [0, 0.05) is 19.3 Å². The van der Waals surface area contributed by atoms with Gasteiger partial charge in [-0.2, -0.15) is 0 Å². The molecule has 0 radical (unpaired) electrons. The highest BCUT2D eigenvalue weighted by molar-refractivity contribution is 5.71. The van der Waals surface area contributed by atoms with E-state index < -0.39 is 6.10 Å². The van der Waals surface area contributed by atoms with Crippen LogP contribution in [0.15, 0.2) is 97.2 Å². The van der Waals surface area contributed by atoms with E-state index in [0.29, 0.717) is 19.3 Å².